The summed E-state index contributed by atoms with van der Waals surface area (Å²) in [6.07, 6.45) is 0. The molecule has 0 spiro atoms. The van der Waals surface area contributed by atoms with Gasteiger partial charge in [-0.05, 0) is 65.9 Å². The number of methoxy groups -OCH3 is 1. The summed E-state index contributed by atoms with van der Waals surface area (Å²) in [7, 11) is 1.61. The lowest BCUT2D eigenvalue weighted by molar-refractivity contribution is -0.115. The number of rotatable bonds is 7. The Morgan fingerprint density at radius 1 is 1.17 bits per heavy atom. The van der Waals surface area contributed by atoms with Crippen LogP contribution in [-0.4, -0.2) is 38.5 Å². The minimum atomic E-state index is -0.398. The third-order valence-electron chi connectivity index (χ3n) is 4.83. The second-order valence-corrected chi connectivity index (χ2v) is 8.80. The SMILES string of the molecule is COc1ccc(C)cc1-n1nnnc1S[C@@H](C)C(=O)Nc1c(C)cccc1C(C)C. The molecule has 1 N–H and O–H groups in total. The summed E-state index contributed by atoms with van der Waals surface area (Å²) in [6.45, 7) is 10.1. The van der Waals surface area contributed by atoms with E-state index in [0.29, 0.717) is 16.8 Å². The van der Waals surface area contributed by atoms with Gasteiger partial charge in [0.1, 0.15) is 11.4 Å². The van der Waals surface area contributed by atoms with Crippen molar-refractivity contribution < 1.29 is 9.53 Å². The summed E-state index contributed by atoms with van der Waals surface area (Å²) >= 11 is 1.30. The van der Waals surface area contributed by atoms with Gasteiger partial charge in [-0.25, -0.2) is 0 Å². The van der Waals surface area contributed by atoms with E-state index in [2.05, 4.69) is 40.8 Å². The Bertz CT molecular complexity index is 1050. The van der Waals surface area contributed by atoms with Crippen molar-refractivity contribution >= 4 is 23.4 Å². The van der Waals surface area contributed by atoms with Crippen molar-refractivity contribution in [3.05, 3.63) is 53.1 Å². The summed E-state index contributed by atoms with van der Waals surface area (Å²) in [5.74, 6) is 0.875. The molecule has 0 saturated carbocycles. The molecule has 30 heavy (non-hydrogen) atoms. The molecule has 0 unspecified atom stereocenters. The van der Waals surface area contributed by atoms with Crippen LogP contribution in [0.4, 0.5) is 5.69 Å². The van der Waals surface area contributed by atoms with Crippen molar-refractivity contribution in [1.82, 2.24) is 20.2 Å². The van der Waals surface area contributed by atoms with E-state index in [1.807, 2.05) is 51.1 Å². The summed E-state index contributed by atoms with van der Waals surface area (Å²) < 4.78 is 7.06. The maximum atomic E-state index is 13.0. The molecule has 3 aromatic rings. The number of nitrogens with one attached hydrogen (secondary N) is 1. The van der Waals surface area contributed by atoms with Gasteiger partial charge in [0.05, 0.1) is 12.4 Å². The smallest absolute Gasteiger partial charge is 0.237 e. The first-order valence-electron chi connectivity index (χ1n) is 9.82. The van der Waals surface area contributed by atoms with Crippen LogP contribution in [0.5, 0.6) is 5.75 Å². The molecule has 2 aromatic carbocycles. The van der Waals surface area contributed by atoms with Crippen molar-refractivity contribution in [3.63, 3.8) is 0 Å². The number of aryl methyl sites for hydroxylation is 2. The lowest BCUT2D eigenvalue weighted by Crippen LogP contribution is -2.24. The number of hydrogen-bond donors (Lipinski definition) is 1. The molecule has 1 aromatic heterocycles. The molecule has 0 fully saturated rings. The Kier molecular flexibility index (Phi) is 6.77. The highest BCUT2D eigenvalue weighted by Crippen LogP contribution is 2.31. The molecule has 0 saturated heterocycles. The van der Waals surface area contributed by atoms with Crippen LogP contribution in [0.1, 0.15) is 43.4 Å². The van der Waals surface area contributed by atoms with Gasteiger partial charge in [-0.1, -0.05) is 49.9 Å². The van der Waals surface area contributed by atoms with Crippen LogP contribution in [0.2, 0.25) is 0 Å². The summed E-state index contributed by atoms with van der Waals surface area (Å²) in [4.78, 5) is 13.0. The van der Waals surface area contributed by atoms with Gasteiger partial charge in [0.15, 0.2) is 0 Å². The van der Waals surface area contributed by atoms with Gasteiger partial charge in [-0.3, -0.25) is 4.79 Å². The Morgan fingerprint density at radius 2 is 1.93 bits per heavy atom. The van der Waals surface area contributed by atoms with E-state index in [-0.39, 0.29) is 5.91 Å². The van der Waals surface area contributed by atoms with Crippen LogP contribution < -0.4 is 10.1 Å². The Morgan fingerprint density at radius 3 is 2.63 bits per heavy atom. The maximum absolute atomic E-state index is 13.0. The molecule has 1 heterocycles. The van der Waals surface area contributed by atoms with Gasteiger partial charge in [-0.2, -0.15) is 4.68 Å². The van der Waals surface area contributed by atoms with Crippen LogP contribution in [0.25, 0.3) is 5.69 Å². The zero-order valence-corrected chi connectivity index (χ0v) is 18.9. The molecule has 0 bridgehead atoms. The number of aromatic nitrogens is 4. The molecule has 0 aliphatic rings. The lowest BCUT2D eigenvalue weighted by Gasteiger charge is -2.18. The van der Waals surface area contributed by atoms with Gasteiger partial charge in [0.2, 0.25) is 11.1 Å². The molecule has 1 atom stereocenters. The fraction of sp³-hybridized carbons (Fsp3) is 0.364. The highest BCUT2D eigenvalue weighted by Gasteiger charge is 2.22. The second-order valence-electron chi connectivity index (χ2n) is 7.49. The molecule has 8 heteroatoms. The normalized spacial score (nSPS) is 12.1. The van der Waals surface area contributed by atoms with E-state index in [9.17, 15) is 4.79 Å². The van der Waals surface area contributed by atoms with E-state index in [0.717, 1.165) is 28.1 Å². The van der Waals surface area contributed by atoms with Gasteiger partial charge >= 0.3 is 0 Å². The molecule has 0 aliphatic carbocycles. The Labute approximate surface area is 181 Å². The predicted molar refractivity (Wildman–Crippen MR) is 120 cm³/mol. The monoisotopic (exact) mass is 425 g/mol. The molecule has 7 nitrogen and oxygen atoms in total. The fourth-order valence-electron chi connectivity index (χ4n) is 3.15. The average Bonchev–Trinajstić information content (AvgIpc) is 3.17. The number of carbonyl (C=O) groups excluding carboxylic acids is 1. The molecule has 1 amide bonds. The van der Waals surface area contributed by atoms with Crippen molar-refractivity contribution in [1.29, 1.82) is 0 Å². The second kappa shape index (κ2) is 9.30. The van der Waals surface area contributed by atoms with E-state index in [1.165, 1.54) is 11.8 Å². The first kappa shape index (κ1) is 21.8. The number of para-hydroxylation sites is 1. The standard InChI is InChI=1S/C22H27N5O2S/c1-13(2)17-9-7-8-15(4)20(17)23-21(28)16(5)30-22-24-25-26-27(22)18-12-14(3)10-11-19(18)29-6/h7-13,16H,1-6H3,(H,23,28)/t16-/m0/s1. The topological polar surface area (TPSA) is 81.9 Å². The largest absolute Gasteiger partial charge is 0.494 e. The van der Waals surface area contributed by atoms with E-state index in [1.54, 1.807) is 11.8 Å². The van der Waals surface area contributed by atoms with E-state index in [4.69, 9.17) is 4.74 Å². The number of anilines is 1. The zero-order valence-electron chi connectivity index (χ0n) is 18.1. The highest BCUT2D eigenvalue weighted by atomic mass is 32.2. The summed E-state index contributed by atoms with van der Waals surface area (Å²) in [5.41, 5.74) is 4.84. The number of nitrogens with zero attached hydrogens (tertiary/aromatic N) is 4. The predicted octanol–water partition coefficient (Wildman–Crippen LogP) is 4.53. The van der Waals surface area contributed by atoms with Crippen molar-refractivity contribution in [3.8, 4) is 11.4 Å². The van der Waals surface area contributed by atoms with Crippen molar-refractivity contribution in [2.24, 2.45) is 0 Å². The van der Waals surface area contributed by atoms with Crippen LogP contribution in [0, 0.1) is 13.8 Å². The highest BCUT2D eigenvalue weighted by molar-refractivity contribution is 8.00. The minimum absolute atomic E-state index is 0.0954. The van der Waals surface area contributed by atoms with Gasteiger partial charge in [0, 0.05) is 5.69 Å². The quantitative estimate of drug-likeness (QED) is 0.560. The maximum Gasteiger partial charge on any atom is 0.237 e. The molecule has 158 valence electrons. The molecular weight excluding hydrogens is 398 g/mol. The van der Waals surface area contributed by atoms with Crippen molar-refractivity contribution in [2.75, 3.05) is 12.4 Å². The zero-order chi connectivity index (χ0) is 21.8. The molecule has 0 aliphatic heterocycles. The fourth-order valence-corrected chi connectivity index (χ4v) is 3.95. The summed E-state index contributed by atoms with van der Waals surface area (Å²) in [6, 6.07) is 11.9. The molecular formula is C22H27N5O2S. The average molecular weight is 426 g/mol. The lowest BCUT2D eigenvalue weighted by atomic mass is 9.98. The number of carbonyl (C=O) groups is 1. The van der Waals surface area contributed by atoms with Gasteiger partial charge in [-0.15, -0.1) is 5.10 Å². The number of ether oxygens (including phenoxy) is 1. The minimum Gasteiger partial charge on any atom is -0.494 e. The van der Waals surface area contributed by atoms with Crippen LogP contribution in [0.3, 0.4) is 0 Å². The van der Waals surface area contributed by atoms with Crippen LogP contribution >= 0.6 is 11.8 Å². The third-order valence-corrected chi connectivity index (χ3v) is 5.86. The molecule has 0 radical (unpaired) electrons. The summed E-state index contributed by atoms with van der Waals surface area (Å²) in [5, 5.41) is 15.3. The number of hydrogen-bond acceptors (Lipinski definition) is 6. The Hall–Kier alpha value is -2.87. The number of tetrazole rings is 1. The third kappa shape index (κ3) is 4.64. The first-order valence-corrected chi connectivity index (χ1v) is 10.7. The van der Waals surface area contributed by atoms with Gasteiger partial charge < -0.3 is 10.1 Å². The number of benzene rings is 2. The molecule has 3 rings (SSSR count). The van der Waals surface area contributed by atoms with Gasteiger partial charge in [0.25, 0.3) is 0 Å². The van der Waals surface area contributed by atoms with Crippen LogP contribution in [-0.2, 0) is 4.79 Å². The van der Waals surface area contributed by atoms with E-state index < -0.39 is 5.25 Å². The number of thioether (sulfide) groups is 1. The number of amides is 1. The van der Waals surface area contributed by atoms with Crippen molar-refractivity contribution in [2.45, 2.75) is 50.9 Å². The van der Waals surface area contributed by atoms with Crippen LogP contribution in [0.15, 0.2) is 41.6 Å². The first-order chi connectivity index (χ1) is 14.3. The van der Waals surface area contributed by atoms with E-state index >= 15 is 0 Å². The Balaban J connectivity index is 1.82.